The van der Waals surface area contributed by atoms with Gasteiger partial charge in [-0.1, -0.05) is 12.2 Å². The van der Waals surface area contributed by atoms with Crippen LogP contribution in [0.3, 0.4) is 0 Å². The van der Waals surface area contributed by atoms with E-state index in [4.69, 9.17) is 12.2 Å². The fourth-order valence-corrected chi connectivity index (χ4v) is 1.84. The van der Waals surface area contributed by atoms with Crippen LogP contribution in [-0.4, -0.2) is 47.7 Å². The highest BCUT2D eigenvalue weighted by Crippen LogP contribution is 1.97. The Bertz CT molecular complexity index is 335. The number of aromatic nitrogens is 1. The van der Waals surface area contributed by atoms with E-state index in [-0.39, 0.29) is 0 Å². The molecule has 0 aliphatic carbocycles. The molecule has 0 unspecified atom stereocenters. The molecule has 0 spiro atoms. The number of nitrogens with one attached hydrogen (secondary N) is 2. The topological polar surface area (TPSA) is 40.2 Å². The van der Waals surface area contributed by atoms with Crippen LogP contribution in [0.5, 0.6) is 0 Å². The Morgan fingerprint density at radius 1 is 1.50 bits per heavy atom. The van der Waals surface area contributed by atoms with Crippen LogP contribution < -0.4 is 10.6 Å². The van der Waals surface area contributed by atoms with Crippen molar-refractivity contribution in [3.63, 3.8) is 0 Å². The number of hydrogen-bond donors (Lipinski definition) is 2. The Balaban J connectivity index is 1.79. The molecule has 1 saturated heterocycles. The van der Waals surface area contributed by atoms with E-state index >= 15 is 0 Å². The molecule has 0 radical (unpaired) electrons. The summed E-state index contributed by atoms with van der Waals surface area (Å²) in [7, 11) is 0. The zero-order valence-electron chi connectivity index (χ0n) is 9.15. The number of thiocarbonyl (C=S) groups is 1. The van der Waals surface area contributed by atoms with E-state index in [0.29, 0.717) is 0 Å². The molecule has 0 bridgehead atoms. The van der Waals surface area contributed by atoms with Crippen LogP contribution in [0.1, 0.15) is 5.56 Å². The van der Waals surface area contributed by atoms with Gasteiger partial charge in [0, 0.05) is 44.1 Å². The molecule has 0 amide bonds. The van der Waals surface area contributed by atoms with Crippen molar-refractivity contribution in [2.75, 3.05) is 32.8 Å². The maximum atomic E-state index is 5.30. The summed E-state index contributed by atoms with van der Waals surface area (Å²) in [6.45, 7) is 5.07. The van der Waals surface area contributed by atoms with Crippen LogP contribution in [0.25, 0.3) is 0 Å². The minimum atomic E-state index is 0.770. The van der Waals surface area contributed by atoms with Gasteiger partial charge in [-0.3, -0.25) is 9.88 Å². The molecule has 0 aromatic carbocycles. The lowest BCUT2D eigenvalue weighted by Gasteiger charge is -2.27. The van der Waals surface area contributed by atoms with Crippen molar-refractivity contribution >= 4 is 17.2 Å². The molecule has 1 aromatic heterocycles. The Morgan fingerprint density at radius 2 is 2.31 bits per heavy atom. The Labute approximate surface area is 101 Å². The van der Waals surface area contributed by atoms with Crippen molar-refractivity contribution in [1.82, 2.24) is 20.5 Å². The normalized spacial score (nSPS) is 17.0. The zero-order valence-corrected chi connectivity index (χ0v) is 9.96. The third-order valence-corrected chi connectivity index (χ3v) is 2.98. The lowest BCUT2D eigenvalue weighted by atomic mass is 10.3. The molecule has 0 atom stereocenters. The lowest BCUT2D eigenvalue weighted by Crippen LogP contribution is -2.48. The summed E-state index contributed by atoms with van der Waals surface area (Å²) in [6.07, 6.45) is 3.54. The molecule has 1 aromatic rings. The van der Waals surface area contributed by atoms with E-state index in [1.165, 1.54) is 0 Å². The summed E-state index contributed by atoms with van der Waals surface area (Å²) in [5.74, 6) is 0. The van der Waals surface area contributed by atoms with Gasteiger partial charge in [0.05, 0.1) is 6.67 Å². The third-order valence-electron chi connectivity index (χ3n) is 2.60. The number of rotatable bonds is 3. The second-order valence-corrected chi connectivity index (χ2v) is 4.18. The van der Waals surface area contributed by atoms with Gasteiger partial charge >= 0.3 is 0 Å². The second kappa shape index (κ2) is 5.89. The summed E-state index contributed by atoms with van der Waals surface area (Å²) in [6, 6.07) is 3.87. The van der Waals surface area contributed by atoms with Gasteiger partial charge in [-0.2, -0.15) is 0 Å². The van der Waals surface area contributed by atoms with E-state index in [1.54, 1.807) is 12.4 Å². The van der Waals surface area contributed by atoms with Crippen LogP contribution >= 0.6 is 12.2 Å². The van der Waals surface area contributed by atoms with Crippen molar-refractivity contribution in [2.24, 2.45) is 0 Å². The van der Waals surface area contributed by atoms with E-state index in [2.05, 4.69) is 20.5 Å². The van der Waals surface area contributed by atoms with Crippen LogP contribution in [0.15, 0.2) is 24.5 Å². The van der Waals surface area contributed by atoms with Crippen LogP contribution in [-0.2, 0) is 0 Å². The first-order chi connectivity index (χ1) is 7.86. The molecule has 1 fully saturated rings. The highest BCUT2D eigenvalue weighted by Gasteiger charge is 2.09. The highest BCUT2D eigenvalue weighted by molar-refractivity contribution is 7.80. The second-order valence-electron chi connectivity index (χ2n) is 3.77. The van der Waals surface area contributed by atoms with Crippen LogP contribution in [0.4, 0.5) is 0 Å². The number of hydrogen-bond acceptors (Lipinski definition) is 4. The monoisotopic (exact) mass is 236 g/mol. The summed E-state index contributed by atoms with van der Waals surface area (Å²) in [5.41, 5.74) is 0.979. The van der Waals surface area contributed by atoms with Crippen molar-refractivity contribution < 1.29 is 0 Å². The SMILES string of the molecule is S=C(NCN1CCNCC1)c1cccnc1. The van der Waals surface area contributed by atoms with Crippen molar-refractivity contribution in [3.8, 4) is 0 Å². The van der Waals surface area contributed by atoms with Gasteiger partial charge in [0.1, 0.15) is 4.99 Å². The first kappa shape index (κ1) is 11.4. The first-order valence-corrected chi connectivity index (χ1v) is 5.88. The molecule has 86 valence electrons. The number of pyridine rings is 1. The molecule has 2 heterocycles. The van der Waals surface area contributed by atoms with E-state index in [1.807, 2.05) is 12.1 Å². The van der Waals surface area contributed by atoms with Crippen molar-refractivity contribution in [3.05, 3.63) is 30.1 Å². The highest BCUT2D eigenvalue weighted by atomic mass is 32.1. The smallest absolute Gasteiger partial charge is 0.109 e. The minimum Gasteiger partial charge on any atom is -0.363 e. The summed E-state index contributed by atoms with van der Waals surface area (Å²) < 4.78 is 0. The van der Waals surface area contributed by atoms with Crippen LogP contribution in [0, 0.1) is 0 Å². The fourth-order valence-electron chi connectivity index (χ4n) is 1.65. The van der Waals surface area contributed by atoms with E-state index in [9.17, 15) is 0 Å². The molecule has 1 aliphatic heterocycles. The van der Waals surface area contributed by atoms with E-state index in [0.717, 1.165) is 43.4 Å². The molecular weight excluding hydrogens is 220 g/mol. The number of piperazine rings is 1. The van der Waals surface area contributed by atoms with Gasteiger partial charge in [0.15, 0.2) is 0 Å². The van der Waals surface area contributed by atoms with Crippen molar-refractivity contribution in [2.45, 2.75) is 0 Å². The van der Waals surface area contributed by atoms with Crippen LogP contribution in [0.2, 0.25) is 0 Å². The predicted molar refractivity (Wildman–Crippen MR) is 68.4 cm³/mol. The molecule has 16 heavy (non-hydrogen) atoms. The third kappa shape index (κ3) is 3.23. The maximum absolute atomic E-state index is 5.30. The number of nitrogens with zero attached hydrogens (tertiary/aromatic N) is 2. The molecule has 4 nitrogen and oxygen atoms in total. The minimum absolute atomic E-state index is 0.770. The van der Waals surface area contributed by atoms with Gasteiger partial charge in [-0.05, 0) is 12.1 Å². The summed E-state index contributed by atoms with van der Waals surface area (Å²) in [5, 5.41) is 6.58. The van der Waals surface area contributed by atoms with Gasteiger partial charge in [-0.25, -0.2) is 0 Å². The molecule has 2 N–H and O–H groups in total. The van der Waals surface area contributed by atoms with Gasteiger partial charge in [0.2, 0.25) is 0 Å². The Kier molecular flexibility index (Phi) is 4.21. The van der Waals surface area contributed by atoms with Gasteiger partial charge < -0.3 is 10.6 Å². The average molecular weight is 236 g/mol. The molecule has 0 saturated carbocycles. The summed E-state index contributed by atoms with van der Waals surface area (Å²) >= 11 is 5.30. The van der Waals surface area contributed by atoms with Crippen molar-refractivity contribution in [1.29, 1.82) is 0 Å². The van der Waals surface area contributed by atoms with Gasteiger partial charge in [0.25, 0.3) is 0 Å². The summed E-state index contributed by atoms with van der Waals surface area (Å²) in [4.78, 5) is 7.17. The Morgan fingerprint density at radius 3 is 3.00 bits per heavy atom. The van der Waals surface area contributed by atoms with E-state index < -0.39 is 0 Å². The first-order valence-electron chi connectivity index (χ1n) is 5.47. The molecule has 1 aliphatic rings. The lowest BCUT2D eigenvalue weighted by molar-refractivity contribution is 0.237. The zero-order chi connectivity index (χ0) is 11.2. The quantitative estimate of drug-likeness (QED) is 0.734. The largest absolute Gasteiger partial charge is 0.363 e. The Hall–Kier alpha value is -1.04. The van der Waals surface area contributed by atoms with Gasteiger partial charge in [-0.15, -0.1) is 0 Å². The standard InChI is InChI=1S/C11H16N4S/c16-11(10-2-1-3-13-8-10)14-9-15-6-4-12-5-7-15/h1-3,8,12H,4-7,9H2,(H,14,16). The fraction of sp³-hybridized carbons (Fsp3) is 0.455. The molecule has 2 rings (SSSR count). The molecular formula is C11H16N4S. The average Bonchev–Trinajstić information content (AvgIpc) is 2.38. The molecule has 5 heteroatoms. The predicted octanol–water partition coefficient (Wildman–Crippen LogP) is 0.209. The maximum Gasteiger partial charge on any atom is 0.109 e.